The zero-order chi connectivity index (χ0) is 20.3. The Kier molecular flexibility index (Phi) is 6.28. The highest BCUT2D eigenvalue weighted by Gasteiger charge is 2.44. The quantitative estimate of drug-likeness (QED) is 0.538. The molecule has 1 aliphatic heterocycles. The van der Waals surface area contributed by atoms with Crippen LogP contribution in [-0.2, 0) is 9.47 Å². The summed E-state index contributed by atoms with van der Waals surface area (Å²) in [5, 5.41) is 39.0. The molecule has 2 aromatic carbocycles. The molecule has 0 aromatic heterocycles. The first-order chi connectivity index (χ1) is 13.4. The van der Waals surface area contributed by atoms with Gasteiger partial charge in [-0.1, -0.05) is 24.3 Å². The van der Waals surface area contributed by atoms with Crippen molar-refractivity contribution in [3.8, 4) is 16.9 Å². The molecule has 0 spiro atoms. The predicted octanol–water partition coefficient (Wildman–Crippen LogP) is 0.319. The molecule has 8 nitrogen and oxygen atoms in total. The molecule has 0 radical (unpaired) electrons. The molecule has 5 atom stereocenters. The Hall–Kier alpha value is -2.49. The molecule has 8 heteroatoms. The molecular weight excluding hydrogens is 368 g/mol. The summed E-state index contributed by atoms with van der Waals surface area (Å²) in [5.41, 5.74) is 2.05. The van der Waals surface area contributed by atoms with Crippen LogP contribution in [0.5, 0.6) is 5.75 Å². The smallest absolute Gasteiger partial charge is 0.337 e. The Morgan fingerprint density at radius 2 is 1.71 bits per heavy atom. The van der Waals surface area contributed by atoms with Crippen molar-refractivity contribution in [2.24, 2.45) is 0 Å². The average molecular weight is 390 g/mol. The SMILES string of the molecule is COC(=O)c1ccc(-c2cccc(O[C@H]3OC(CO)[C@@H](O)C(O)C3O)c2)cc1. The number of carbonyl (C=O) groups is 1. The lowest BCUT2D eigenvalue weighted by atomic mass is 9.99. The highest BCUT2D eigenvalue weighted by atomic mass is 16.7. The number of methoxy groups -OCH3 is 1. The fourth-order valence-electron chi connectivity index (χ4n) is 2.96. The van der Waals surface area contributed by atoms with Gasteiger partial charge in [-0.2, -0.15) is 0 Å². The van der Waals surface area contributed by atoms with E-state index in [1.165, 1.54) is 7.11 Å². The van der Waals surface area contributed by atoms with Gasteiger partial charge in [-0.3, -0.25) is 0 Å². The molecule has 0 amide bonds. The first-order valence-corrected chi connectivity index (χ1v) is 8.70. The Labute approximate surface area is 161 Å². The molecule has 1 heterocycles. The number of aliphatic hydroxyl groups excluding tert-OH is 4. The molecule has 3 unspecified atom stereocenters. The lowest BCUT2D eigenvalue weighted by Crippen LogP contribution is -2.60. The normalized spacial score (nSPS) is 27.2. The van der Waals surface area contributed by atoms with Gasteiger partial charge in [-0.15, -0.1) is 0 Å². The Morgan fingerprint density at radius 3 is 2.36 bits per heavy atom. The highest BCUT2D eigenvalue weighted by molar-refractivity contribution is 5.90. The fourth-order valence-corrected chi connectivity index (χ4v) is 2.96. The number of aliphatic hydroxyl groups is 4. The molecule has 1 fully saturated rings. The summed E-state index contributed by atoms with van der Waals surface area (Å²) in [7, 11) is 1.32. The van der Waals surface area contributed by atoms with Crippen molar-refractivity contribution >= 4 is 5.97 Å². The van der Waals surface area contributed by atoms with E-state index in [1.54, 1.807) is 42.5 Å². The third-order valence-corrected chi connectivity index (χ3v) is 4.57. The number of hydrogen-bond donors (Lipinski definition) is 4. The molecule has 0 saturated carbocycles. The van der Waals surface area contributed by atoms with Gasteiger partial charge in [-0.25, -0.2) is 4.79 Å². The van der Waals surface area contributed by atoms with Crippen LogP contribution in [0.2, 0.25) is 0 Å². The molecule has 2 aromatic rings. The van der Waals surface area contributed by atoms with Gasteiger partial charge in [0.15, 0.2) is 0 Å². The Bertz CT molecular complexity index is 804. The van der Waals surface area contributed by atoms with E-state index in [4.69, 9.17) is 9.47 Å². The summed E-state index contributed by atoms with van der Waals surface area (Å²) in [6, 6.07) is 13.7. The van der Waals surface area contributed by atoms with Crippen LogP contribution in [0.25, 0.3) is 11.1 Å². The maximum atomic E-state index is 11.5. The highest BCUT2D eigenvalue weighted by Crippen LogP contribution is 2.28. The maximum Gasteiger partial charge on any atom is 0.337 e. The van der Waals surface area contributed by atoms with Gasteiger partial charge in [0.25, 0.3) is 0 Å². The van der Waals surface area contributed by atoms with Gasteiger partial charge in [0, 0.05) is 0 Å². The summed E-state index contributed by atoms with van der Waals surface area (Å²) in [4.78, 5) is 11.5. The summed E-state index contributed by atoms with van der Waals surface area (Å²) >= 11 is 0. The third kappa shape index (κ3) is 4.16. The second-order valence-electron chi connectivity index (χ2n) is 6.41. The minimum absolute atomic E-state index is 0.360. The first kappa shape index (κ1) is 20.2. The van der Waals surface area contributed by atoms with Gasteiger partial charge < -0.3 is 34.6 Å². The molecule has 0 aliphatic carbocycles. The van der Waals surface area contributed by atoms with E-state index in [1.807, 2.05) is 6.07 Å². The van der Waals surface area contributed by atoms with Crippen LogP contribution in [0, 0.1) is 0 Å². The standard InChI is InChI=1S/C20H22O8/c1-26-19(25)12-7-5-11(6-8-12)13-3-2-4-14(9-13)27-20-18(24)17(23)16(22)15(10-21)28-20/h2-9,15-18,20-24H,10H2,1H3/t15?,16-,17?,18?,20+/m1/s1. The van der Waals surface area contributed by atoms with Crippen LogP contribution in [-0.4, -0.2) is 70.8 Å². The summed E-state index contributed by atoms with van der Waals surface area (Å²) < 4.78 is 15.7. The summed E-state index contributed by atoms with van der Waals surface area (Å²) in [5.74, 6) is -0.0647. The largest absolute Gasteiger partial charge is 0.465 e. The van der Waals surface area contributed by atoms with Crippen LogP contribution in [0.15, 0.2) is 48.5 Å². The number of benzene rings is 2. The molecule has 1 aliphatic rings. The monoisotopic (exact) mass is 390 g/mol. The molecular formula is C20H22O8. The number of hydrogen-bond acceptors (Lipinski definition) is 8. The minimum atomic E-state index is -1.51. The van der Waals surface area contributed by atoms with Crippen molar-refractivity contribution in [2.45, 2.75) is 30.7 Å². The van der Waals surface area contributed by atoms with Gasteiger partial charge in [0.05, 0.1) is 19.3 Å². The number of carbonyl (C=O) groups excluding carboxylic acids is 1. The molecule has 28 heavy (non-hydrogen) atoms. The van der Waals surface area contributed by atoms with E-state index in [0.29, 0.717) is 11.3 Å². The van der Waals surface area contributed by atoms with Gasteiger partial charge in [0.2, 0.25) is 6.29 Å². The fraction of sp³-hybridized carbons (Fsp3) is 0.350. The van der Waals surface area contributed by atoms with E-state index in [9.17, 15) is 25.2 Å². The Balaban J connectivity index is 1.77. The number of ether oxygens (including phenoxy) is 3. The zero-order valence-corrected chi connectivity index (χ0v) is 15.1. The van der Waals surface area contributed by atoms with Crippen molar-refractivity contribution in [3.63, 3.8) is 0 Å². The van der Waals surface area contributed by atoms with Gasteiger partial charge in [-0.05, 0) is 35.4 Å². The van der Waals surface area contributed by atoms with Crippen LogP contribution < -0.4 is 4.74 Å². The van der Waals surface area contributed by atoms with Crippen molar-refractivity contribution in [1.29, 1.82) is 0 Å². The van der Waals surface area contributed by atoms with Crippen LogP contribution in [0.1, 0.15) is 10.4 Å². The minimum Gasteiger partial charge on any atom is -0.465 e. The van der Waals surface area contributed by atoms with E-state index >= 15 is 0 Å². The van der Waals surface area contributed by atoms with Crippen molar-refractivity contribution in [2.75, 3.05) is 13.7 Å². The van der Waals surface area contributed by atoms with Crippen molar-refractivity contribution in [3.05, 3.63) is 54.1 Å². The zero-order valence-electron chi connectivity index (χ0n) is 15.1. The lowest BCUT2D eigenvalue weighted by Gasteiger charge is -2.39. The number of esters is 1. The molecule has 0 bridgehead atoms. The first-order valence-electron chi connectivity index (χ1n) is 8.70. The van der Waals surface area contributed by atoms with Gasteiger partial charge in [0.1, 0.15) is 30.2 Å². The lowest BCUT2D eigenvalue weighted by molar-refractivity contribution is -0.277. The predicted molar refractivity (Wildman–Crippen MR) is 97.6 cm³/mol. The topological polar surface area (TPSA) is 126 Å². The maximum absolute atomic E-state index is 11.5. The summed E-state index contributed by atoms with van der Waals surface area (Å²) in [6.45, 7) is -0.530. The third-order valence-electron chi connectivity index (χ3n) is 4.57. The van der Waals surface area contributed by atoms with Crippen LogP contribution >= 0.6 is 0 Å². The summed E-state index contributed by atoms with van der Waals surface area (Å²) in [6.07, 6.45) is -6.74. The molecule has 4 N–H and O–H groups in total. The molecule has 3 rings (SSSR count). The van der Waals surface area contributed by atoms with Gasteiger partial charge >= 0.3 is 5.97 Å². The van der Waals surface area contributed by atoms with Crippen LogP contribution in [0.4, 0.5) is 0 Å². The molecule has 150 valence electrons. The Morgan fingerprint density at radius 1 is 1.00 bits per heavy atom. The molecule has 1 saturated heterocycles. The van der Waals surface area contributed by atoms with Crippen LogP contribution in [0.3, 0.4) is 0 Å². The average Bonchev–Trinajstić information content (AvgIpc) is 2.74. The van der Waals surface area contributed by atoms with Crippen molar-refractivity contribution in [1.82, 2.24) is 0 Å². The van der Waals surface area contributed by atoms with Crippen molar-refractivity contribution < 1.29 is 39.4 Å². The second kappa shape index (κ2) is 8.68. The second-order valence-corrected chi connectivity index (χ2v) is 6.41. The van der Waals surface area contributed by atoms with E-state index in [0.717, 1.165) is 11.1 Å². The van der Waals surface area contributed by atoms with E-state index in [-0.39, 0.29) is 0 Å². The van der Waals surface area contributed by atoms with E-state index in [2.05, 4.69) is 4.74 Å². The number of rotatable bonds is 5. The van der Waals surface area contributed by atoms with E-state index < -0.39 is 43.3 Å².